The van der Waals surface area contributed by atoms with Gasteiger partial charge in [-0.1, -0.05) is 0 Å². The van der Waals surface area contributed by atoms with Crippen LogP contribution in [0.1, 0.15) is 30.9 Å². The van der Waals surface area contributed by atoms with Crippen LogP contribution in [-0.2, 0) is 4.74 Å². The molecule has 0 bridgehead atoms. The van der Waals surface area contributed by atoms with Gasteiger partial charge in [-0.05, 0) is 32.9 Å². The van der Waals surface area contributed by atoms with Crippen molar-refractivity contribution in [1.82, 2.24) is 10.3 Å². The van der Waals surface area contributed by atoms with E-state index >= 15 is 0 Å². The van der Waals surface area contributed by atoms with Gasteiger partial charge in [0.25, 0.3) is 0 Å². The minimum Gasteiger partial charge on any atom is -0.368 e. The Morgan fingerprint density at radius 2 is 2.36 bits per heavy atom. The molecule has 0 radical (unpaired) electrons. The summed E-state index contributed by atoms with van der Waals surface area (Å²) in [6.07, 6.45) is 4.64. The van der Waals surface area contributed by atoms with Crippen LogP contribution in [0.4, 0.5) is 0 Å². The largest absolute Gasteiger partial charge is 0.368 e. The maximum absolute atomic E-state index is 5.94. The molecular formula is C10H16N2OS. The van der Waals surface area contributed by atoms with Gasteiger partial charge in [-0.3, -0.25) is 0 Å². The fraction of sp³-hybridized carbons (Fsp3) is 0.700. The van der Waals surface area contributed by atoms with Crippen LogP contribution < -0.4 is 5.32 Å². The van der Waals surface area contributed by atoms with Gasteiger partial charge in [0.2, 0.25) is 0 Å². The first kappa shape index (κ1) is 10.1. The third-order valence-electron chi connectivity index (χ3n) is 2.48. The first-order chi connectivity index (χ1) is 6.86. The van der Waals surface area contributed by atoms with E-state index in [4.69, 9.17) is 4.74 Å². The highest BCUT2D eigenvalue weighted by Crippen LogP contribution is 2.23. The Balaban J connectivity index is 1.84. The summed E-state index contributed by atoms with van der Waals surface area (Å²) in [5.74, 6) is 0. The number of nitrogens with zero attached hydrogens (tertiary/aromatic N) is 1. The number of ether oxygens (including phenoxy) is 1. The molecule has 1 aliphatic rings. The zero-order chi connectivity index (χ0) is 9.80. The zero-order valence-corrected chi connectivity index (χ0v) is 9.22. The van der Waals surface area contributed by atoms with E-state index in [2.05, 4.69) is 17.2 Å². The molecule has 1 saturated heterocycles. The summed E-state index contributed by atoms with van der Waals surface area (Å²) in [5.41, 5.74) is 0. The number of piperidine rings is 1. The second-order valence-electron chi connectivity index (χ2n) is 3.60. The molecule has 1 atom stereocenters. The third-order valence-corrected chi connectivity index (χ3v) is 3.42. The quantitative estimate of drug-likeness (QED) is 0.832. The molecule has 0 unspecified atom stereocenters. The molecule has 3 nitrogen and oxygen atoms in total. The van der Waals surface area contributed by atoms with Crippen molar-refractivity contribution < 1.29 is 4.74 Å². The fourth-order valence-corrected chi connectivity index (χ4v) is 2.34. The normalized spacial score (nSPS) is 20.9. The Bertz CT molecular complexity index is 257. The van der Waals surface area contributed by atoms with Crippen molar-refractivity contribution >= 4 is 11.3 Å². The zero-order valence-electron chi connectivity index (χ0n) is 8.40. The Morgan fingerprint density at radius 1 is 1.57 bits per heavy atom. The SMILES string of the molecule is C[C@@H](OC1CCNCC1)c1nccs1. The molecule has 4 heteroatoms. The van der Waals surface area contributed by atoms with Crippen LogP contribution in [0, 0.1) is 0 Å². The van der Waals surface area contributed by atoms with Crippen LogP contribution in [0.15, 0.2) is 11.6 Å². The van der Waals surface area contributed by atoms with E-state index in [1.165, 1.54) is 0 Å². The van der Waals surface area contributed by atoms with Crippen LogP contribution >= 0.6 is 11.3 Å². The van der Waals surface area contributed by atoms with Gasteiger partial charge in [0, 0.05) is 11.6 Å². The Labute approximate surface area is 88.5 Å². The summed E-state index contributed by atoms with van der Waals surface area (Å²) in [4.78, 5) is 4.26. The molecule has 2 heterocycles. The van der Waals surface area contributed by atoms with E-state index in [9.17, 15) is 0 Å². The summed E-state index contributed by atoms with van der Waals surface area (Å²) >= 11 is 1.67. The van der Waals surface area contributed by atoms with Crippen LogP contribution in [0.5, 0.6) is 0 Å². The Morgan fingerprint density at radius 3 is 3.00 bits per heavy atom. The average Bonchev–Trinajstić information content (AvgIpc) is 2.72. The van der Waals surface area contributed by atoms with E-state index in [1.807, 2.05) is 11.6 Å². The highest BCUT2D eigenvalue weighted by molar-refractivity contribution is 7.09. The lowest BCUT2D eigenvalue weighted by molar-refractivity contribution is -0.0187. The van der Waals surface area contributed by atoms with Crippen molar-refractivity contribution in [3.63, 3.8) is 0 Å². The molecule has 14 heavy (non-hydrogen) atoms. The summed E-state index contributed by atoms with van der Waals surface area (Å²) < 4.78 is 5.94. The summed E-state index contributed by atoms with van der Waals surface area (Å²) in [6.45, 7) is 4.24. The van der Waals surface area contributed by atoms with Crippen LogP contribution in [0.3, 0.4) is 0 Å². The second kappa shape index (κ2) is 4.87. The van der Waals surface area contributed by atoms with E-state index in [0.29, 0.717) is 6.10 Å². The van der Waals surface area contributed by atoms with Gasteiger partial charge in [0.05, 0.1) is 6.10 Å². The lowest BCUT2D eigenvalue weighted by Crippen LogP contribution is -2.32. The molecule has 1 N–H and O–H groups in total. The molecule has 1 fully saturated rings. The summed E-state index contributed by atoms with van der Waals surface area (Å²) in [5, 5.41) is 6.41. The topological polar surface area (TPSA) is 34.1 Å². The lowest BCUT2D eigenvalue weighted by Gasteiger charge is -2.25. The molecule has 1 aromatic heterocycles. The van der Waals surface area contributed by atoms with E-state index in [-0.39, 0.29) is 6.10 Å². The standard InChI is InChI=1S/C10H16N2OS/c1-8(10-12-6-7-14-10)13-9-2-4-11-5-3-9/h6-9,11H,2-5H2,1H3/t8-/m1/s1. The molecule has 1 aliphatic heterocycles. The van der Waals surface area contributed by atoms with Crippen molar-refractivity contribution in [3.8, 4) is 0 Å². The van der Waals surface area contributed by atoms with E-state index in [0.717, 1.165) is 30.9 Å². The van der Waals surface area contributed by atoms with Crippen LogP contribution in [0.25, 0.3) is 0 Å². The van der Waals surface area contributed by atoms with Crippen molar-refractivity contribution in [2.75, 3.05) is 13.1 Å². The molecule has 78 valence electrons. The first-order valence-electron chi connectivity index (χ1n) is 5.12. The maximum Gasteiger partial charge on any atom is 0.121 e. The molecule has 0 spiro atoms. The summed E-state index contributed by atoms with van der Waals surface area (Å²) in [6, 6.07) is 0. The lowest BCUT2D eigenvalue weighted by atomic mass is 10.1. The van der Waals surface area contributed by atoms with Gasteiger partial charge in [-0.15, -0.1) is 11.3 Å². The first-order valence-corrected chi connectivity index (χ1v) is 6.00. The molecule has 0 aromatic carbocycles. The van der Waals surface area contributed by atoms with Gasteiger partial charge in [0.1, 0.15) is 11.1 Å². The third kappa shape index (κ3) is 2.53. The smallest absolute Gasteiger partial charge is 0.121 e. The van der Waals surface area contributed by atoms with Crippen molar-refractivity contribution in [3.05, 3.63) is 16.6 Å². The Hall–Kier alpha value is -0.450. The monoisotopic (exact) mass is 212 g/mol. The summed E-state index contributed by atoms with van der Waals surface area (Å²) in [7, 11) is 0. The second-order valence-corrected chi connectivity index (χ2v) is 4.52. The molecule has 0 amide bonds. The molecule has 0 saturated carbocycles. The van der Waals surface area contributed by atoms with Crippen LogP contribution in [-0.4, -0.2) is 24.2 Å². The molecular weight excluding hydrogens is 196 g/mol. The molecule has 0 aliphatic carbocycles. The number of hydrogen-bond donors (Lipinski definition) is 1. The average molecular weight is 212 g/mol. The fourth-order valence-electron chi connectivity index (χ4n) is 1.71. The highest BCUT2D eigenvalue weighted by Gasteiger charge is 2.18. The number of rotatable bonds is 3. The minimum atomic E-state index is 0.151. The number of thiazole rings is 1. The van der Waals surface area contributed by atoms with Crippen molar-refractivity contribution in [2.24, 2.45) is 0 Å². The van der Waals surface area contributed by atoms with Gasteiger partial charge in [0.15, 0.2) is 0 Å². The number of aromatic nitrogens is 1. The van der Waals surface area contributed by atoms with E-state index in [1.54, 1.807) is 11.3 Å². The van der Waals surface area contributed by atoms with Crippen molar-refractivity contribution in [1.29, 1.82) is 0 Å². The van der Waals surface area contributed by atoms with Crippen molar-refractivity contribution in [2.45, 2.75) is 32.0 Å². The van der Waals surface area contributed by atoms with Gasteiger partial charge >= 0.3 is 0 Å². The van der Waals surface area contributed by atoms with Gasteiger partial charge in [-0.2, -0.15) is 0 Å². The van der Waals surface area contributed by atoms with Gasteiger partial charge in [-0.25, -0.2) is 4.98 Å². The van der Waals surface area contributed by atoms with Crippen LogP contribution in [0.2, 0.25) is 0 Å². The Kier molecular flexibility index (Phi) is 3.50. The highest BCUT2D eigenvalue weighted by atomic mass is 32.1. The number of hydrogen-bond acceptors (Lipinski definition) is 4. The maximum atomic E-state index is 5.94. The predicted octanol–water partition coefficient (Wildman–Crippen LogP) is 1.97. The van der Waals surface area contributed by atoms with E-state index < -0.39 is 0 Å². The molecule has 1 aromatic rings. The number of nitrogens with one attached hydrogen (secondary N) is 1. The molecule has 2 rings (SSSR count). The van der Waals surface area contributed by atoms with Gasteiger partial charge < -0.3 is 10.1 Å². The minimum absolute atomic E-state index is 0.151. The predicted molar refractivity (Wildman–Crippen MR) is 57.5 cm³/mol.